The third kappa shape index (κ3) is 3.03. The van der Waals surface area contributed by atoms with Crippen molar-refractivity contribution in [3.63, 3.8) is 0 Å². The Morgan fingerprint density at radius 1 is 1.12 bits per heavy atom. The number of sulfonamides is 1. The van der Waals surface area contributed by atoms with Crippen LogP contribution in [0.1, 0.15) is 5.56 Å². The fourth-order valence-corrected chi connectivity index (χ4v) is 3.46. The van der Waals surface area contributed by atoms with Gasteiger partial charge in [-0.1, -0.05) is 6.07 Å². The molecular weight excluding hydrogens is 336 g/mol. The van der Waals surface area contributed by atoms with Gasteiger partial charge in [0.2, 0.25) is 16.8 Å². The number of benzene rings is 2. The molecule has 0 fully saturated rings. The van der Waals surface area contributed by atoms with Crippen LogP contribution in [0, 0.1) is 10.1 Å². The third-order valence-corrected chi connectivity index (χ3v) is 5.42. The van der Waals surface area contributed by atoms with E-state index in [4.69, 9.17) is 9.47 Å². The first kappa shape index (κ1) is 16.2. The molecule has 24 heavy (non-hydrogen) atoms. The van der Waals surface area contributed by atoms with Crippen molar-refractivity contribution in [2.45, 2.75) is 11.4 Å². The van der Waals surface area contributed by atoms with Crippen molar-refractivity contribution < 1.29 is 22.8 Å². The normalized spacial score (nSPS) is 13.2. The Hall–Kier alpha value is -2.65. The number of non-ortho nitro benzene ring substituents is 1. The van der Waals surface area contributed by atoms with Gasteiger partial charge in [-0.3, -0.25) is 10.1 Å². The smallest absolute Gasteiger partial charge is 0.269 e. The van der Waals surface area contributed by atoms with Gasteiger partial charge < -0.3 is 9.47 Å². The zero-order chi connectivity index (χ0) is 17.3. The molecule has 0 N–H and O–H groups in total. The zero-order valence-electron chi connectivity index (χ0n) is 12.7. The molecule has 0 saturated carbocycles. The fourth-order valence-electron chi connectivity index (χ4n) is 2.30. The van der Waals surface area contributed by atoms with Gasteiger partial charge in [-0.15, -0.1) is 0 Å². The lowest BCUT2D eigenvalue weighted by Crippen LogP contribution is -2.26. The average Bonchev–Trinajstić information content (AvgIpc) is 3.02. The summed E-state index contributed by atoms with van der Waals surface area (Å²) in [6, 6.07) is 10.00. The van der Waals surface area contributed by atoms with Crippen molar-refractivity contribution in [1.29, 1.82) is 0 Å². The van der Waals surface area contributed by atoms with E-state index in [2.05, 4.69) is 0 Å². The highest BCUT2D eigenvalue weighted by Crippen LogP contribution is 2.33. The maximum absolute atomic E-state index is 12.6. The van der Waals surface area contributed by atoms with Gasteiger partial charge in [0.25, 0.3) is 5.69 Å². The number of nitro benzene ring substituents is 1. The molecule has 1 heterocycles. The minimum Gasteiger partial charge on any atom is -0.454 e. The fraction of sp³-hybridized carbons (Fsp3) is 0.200. The monoisotopic (exact) mass is 350 g/mol. The number of hydrogen-bond donors (Lipinski definition) is 0. The van der Waals surface area contributed by atoms with Gasteiger partial charge in [-0.05, 0) is 29.8 Å². The lowest BCUT2D eigenvalue weighted by atomic mass is 10.2. The van der Waals surface area contributed by atoms with Crippen LogP contribution in [0.5, 0.6) is 11.5 Å². The van der Waals surface area contributed by atoms with Crippen LogP contribution in [0.3, 0.4) is 0 Å². The van der Waals surface area contributed by atoms with E-state index >= 15 is 0 Å². The molecule has 0 radical (unpaired) electrons. The molecule has 3 rings (SSSR count). The lowest BCUT2D eigenvalue weighted by molar-refractivity contribution is -0.384. The van der Waals surface area contributed by atoms with E-state index in [1.54, 1.807) is 18.2 Å². The summed E-state index contributed by atoms with van der Waals surface area (Å²) in [5.74, 6) is 1.20. The quantitative estimate of drug-likeness (QED) is 0.605. The molecule has 9 heteroatoms. The first-order valence-corrected chi connectivity index (χ1v) is 8.41. The zero-order valence-corrected chi connectivity index (χ0v) is 13.5. The maximum Gasteiger partial charge on any atom is 0.269 e. The van der Waals surface area contributed by atoms with Gasteiger partial charge in [0, 0.05) is 25.7 Å². The van der Waals surface area contributed by atoms with E-state index in [0.29, 0.717) is 11.5 Å². The van der Waals surface area contributed by atoms with Crippen molar-refractivity contribution in [2.24, 2.45) is 0 Å². The summed E-state index contributed by atoms with van der Waals surface area (Å²) in [6.45, 7) is 0.283. The van der Waals surface area contributed by atoms with Crippen molar-refractivity contribution in [3.05, 3.63) is 58.1 Å². The highest BCUT2D eigenvalue weighted by atomic mass is 32.2. The second-order valence-electron chi connectivity index (χ2n) is 5.20. The van der Waals surface area contributed by atoms with Crippen LogP contribution < -0.4 is 9.47 Å². The topological polar surface area (TPSA) is 99.0 Å². The molecule has 0 unspecified atom stereocenters. The Balaban J connectivity index is 1.80. The number of ether oxygens (including phenoxy) is 2. The standard InChI is InChI=1S/C15H14N2O6S/c1-16(9-11-2-7-14-15(8-11)23-10-22-14)24(20,21)13-5-3-12(4-6-13)17(18)19/h2-8H,9-10H2,1H3. The minimum absolute atomic E-state index is 0.00339. The molecule has 0 bridgehead atoms. The SMILES string of the molecule is CN(Cc1ccc2c(c1)OCO2)S(=O)(=O)c1ccc([N+](=O)[O-])cc1. The summed E-state index contributed by atoms with van der Waals surface area (Å²) in [5, 5.41) is 10.7. The van der Waals surface area contributed by atoms with Crippen LogP contribution in [0.2, 0.25) is 0 Å². The van der Waals surface area contributed by atoms with Crippen LogP contribution in [0.15, 0.2) is 47.4 Å². The van der Waals surface area contributed by atoms with Crippen LogP contribution in [0.4, 0.5) is 5.69 Å². The highest BCUT2D eigenvalue weighted by Gasteiger charge is 2.23. The van der Waals surface area contributed by atoms with Crippen molar-refractivity contribution in [1.82, 2.24) is 4.31 Å². The molecule has 0 saturated heterocycles. The van der Waals surface area contributed by atoms with E-state index in [9.17, 15) is 18.5 Å². The predicted molar refractivity (Wildman–Crippen MR) is 84.3 cm³/mol. The Labute approximate surface area is 138 Å². The summed E-state index contributed by atoms with van der Waals surface area (Å²) >= 11 is 0. The molecule has 0 atom stereocenters. The number of rotatable bonds is 5. The molecule has 8 nitrogen and oxygen atoms in total. The van der Waals surface area contributed by atoms with Crippen LogP contribution >= 0.6 is 0 Å². The van der Waals surface area contributed by atoms with Crippen molar-refractivity contribution >= 4 is 15.7 Å². The number of hydrogen-bond acceptors (Lipinski definition) is 6. The van der Waals surface area contributed by atoms with E-state index in [1.807, 2.05) is 0 Å². The molecule has 0 aliphatic carbocycles. The van der Waals surface area contributed by atoms with E-state index in [-0.39, 0.29) is 23.9 Å². The van der Waals surface area contributed by atoms with Crippen LogP contribution in [-0.2, 0) is 16.6 Å². The summed E-state index contributed by atoms with van der Waals surface area (Å²) in [4.78, 5) is 10.1. The molecule has 2 aromatic carbocycles. The molecule has 126 valence electrons. The van der Waals surface area contributed by atoms with Crippen molar-refractivity contribution in [3.8, 4) is 11.5 Å². The Bertz CT molecular complexity index is 879. The van der Waals surface area contributed by atoms with Gasteiger partial charge in [-0.25, -0.2) is 8.42 Å². The predicted octanol–water partition coefficient (Wildman–Crippen LogP) is 2.14. The van der Waals surface area contributed by atoms with E-state index in [1.165, 1.54) is 35.6 Å². The van der Waals surface area contributed by atoms with Gasteiger partial charge in [-0.2, -0.15) is 4.31 Å². The average molecular weight is 350 g/mol. The first-order chi connectivity index (χ1) is 11.4. The van der Waals surface area contributed by atoms with Crippen molar-refractivity contribution in [2.75, 3.05) is 13.8 Å². The minimum atomic E-state index is -3.76. The summed E-state index contributed by atoms with van der Waals surface area (Å²) in [5.41, 5.74) is 0.583. The number of nitro groups is 1. The second-order valence-corrected chi connectivity index (χ2v) is 7.24. The molecule has 2 aromatic rings. The molecular formula is C15H14N2O6S. The second kappa shape index (κ2) is 6.10. The summed E-state index contributed by atoms with van der Waals surface area (Å²) < 4.78 is 36.8. The summed E-state index contributed by atoms with van der Waals surface area (Å²) in [6.07, 6.45) is 0. The van der Waals surface area contributed by atoms with E-state index in [0.717, 1.165) is 5.56 Å². The Kier molecular flexibility index (Phi) is 4.12. The first-order valence-electron chi connectivity index (χ1n) is 6.97. The van der Waals surface area contributed by atoms with E-state index < -0.39 is 14.9 Å². The molecule has 1 aliphatic rings. The van der Waals surface area contributed by atoms with Gasteiger partial charge in [0.05, 0.1) is 9.82 Å². The van der Waals surface area contributed by atoms with Crippen LogP contribution in [0.25, 0.3) is 0 Å². The van der Waals surface area contributed by atoms with Gasteiger partial charge in [0.1, 0.15) is 0 Å². The van der Waals surface area contributed by atoms with Crippen LogP contribution in [-0.4, -0.2) is 31.5 Å². The molecule has 1 aliphatic heterocycles. The van der Waals surface area contributed by atoms with Gasteiger partial charge in [0.15, 0.2) is 11.5 Å². The molecule has 0 aromatic heterocycles. The van der Waals surface area contributed by atoms with Gasteiger partial charge >= 0.3 is 0 Å². The highest BCUT2D eigenvalue weighted by molar-refractivity contribution is 7.89. The molecule has 0 spiro atoms. The number of nitrogens with zero attached hydrogens (tertiary/aromatic N) is 2. The largest absolute Gasteiger partial charge is 0.454 e. The maximum atomic E-state index is 12.6. The summed E-state index contributed by atoms with van der Waals surface area (Å²) in [7, 11) is -2.31. The Morgan fingerprint density at radius 2 is 1.79 bits per heavy atom. The lowest BCUT2D eigenvalue weighted by Gasteiger charge is -2.17. The molecule has 0 amide bonds. The number of fused-ring (bicyclic) bond motifs is 1. The third-order valence-electron chi connectivity index (χ3n) is 3.60. The Morgan fingerprint density at radius 3 is 2.46 bits per heavy atom.